The summed E-state index contributed by atoms with van der Waals surface area (Å²) >= 11 is 16.4. The predicted octanol–water partition coefficient (Wildman–Crippen LogP) is 6.93. The van der Waals surface area contributed by atoms with E-state index in [0.29, 0.717) is 10.7 Å². The fourth-order valence-electron chi connectivity index (χ4n) is 3.17. The Hall–Kier alpha value is -1.75. The number of nitrogens with one attached hydrogen (secondary N) is 2. The molecule has 0 saturated heterocycles. The van der Waals surface area contributed by atoms with Crippen molar-refractivity contribution >= 4 is 67.9 Å². The van der Waals surface area contributed by atoms with Gasteiger partial charge in [-0.1, -0.05) is 29.3 Å². The number of rotatable bonds is 3. The molecule has 3 aromatic rings. The zero-order valence-corrected chi connectivity index (χ0v) is 18.7. The Bertz CT molecular complexity index is 1100. The number of anilines is 2. The summed E-state index contributed by atoms with van der Waals surface area (Å²) in [5.41, 5.74) is 0.161. The summed E-state index contributed by atoms with van der Waals surface area (Å²) < 4.78 is 42.3. The van der Waals surface area contributed by atoms with Gasteiger partial charge in [-0.05, 0) is 45.6 Å². The molecule has 0 bridgehead atoms. The smallest absolute Gasteiger partial charge is 0.362 e. The molecule has 4 rings (SSSR count). The molecule has 0 saturated carbocycles. The third kappa shape index (κ3) is 4.05. The lowest BCUT2D eigenvalue weighted by atomic mass is 10.0. The van der Waals surface area contributed by atoms with E-state index in [2.05, 4.69) is 31.7 Å². The molecule has 1 aliphatic rings. The predicted molar refractivity (Wildman–Crippen MR) is 115 cm³/mol. The molecule has 0 aliphatic carbocycles. The van der Waals surface area contributed by atoms with Gasteiger partial charge < -0.3 is 10.6 Å². The van der Waals surface area contributed by atoms with Gasteiger partial charge in [0.05, 0.1) is 20.6 Å². The quantitative estimate of drug-likeness (QED) is 0.379. The number of fused-ring (bicyclic) bond motifs is 1. The minimum atomic E-state index is -4.53. The zero-order valence-electron chi connectivity index (χ0n) is 14.8. The van der Waals surface area contributed by atoms with Gasteiger partial charge in [0.15, 0.2) is 11.7 Å². The van der Waals surface area contributed by atoms with Gasteiger partial charge in [0.25, 0.3) is 5.91 Å². The van der Waals surface area contributed by atoms with Crippen molar-refractivity contribution in [2.45, 2.75) is 24.7 Å². The number of thiophene rings is 1. The third-order valence-electron chi connectivity index (χ3n) is 4.57. The van der Waals surface area contributed by atoms with Crippen LogP contribution in [-0.4, -0.2) is 21.9 Å². The summed E-state index contributed by atoms with van der Waals surface area (Å²) in [5, 5.41) is 12.0. The highest BCUT2D eigenvalue weighted by atomic mass is 79.9. The SMILES string of the molecule is O=C(Nc1ccc(Cl)c(Cl)c1)c1nn2c(c1Br)NC(c1cccs1)CC2C(F)(F)F. The van der Waals surface area contributed by atoms with Gasteiger partial charge in [-0.2, -0.15) is 18.3 Å². The zero-order chi connectivity index (χ0) is 21.6. The number of carbonyl (C=O) groups excluding carboxylic acids is 1. The topological polar surface area (TPSA) is 59.0 Å². The van der Waals surface area contributed by atoms with Crippen molar-refractivity contribution in [2.75, 3.05) is 10.6 Å². The van der Waals surface area contributed by atoms with Crippen molar-refractivity contribution in [3.63, 3.8) is 0 Å². The molecule has 0 spiro atoms. The number of amides is 1. The summed E-state index contributed by atoms with van der Waals surface area (Å²) in [5.74, 6) is -0.584. The molecule has 0 fully saturated rings. The molecule has 1 aliphatic heterocycles. The van der Waals surface area contributed by atoms with Crippen LogP contribution in [0.3, 0.4) is 0 Å². The third-order valence-corrected chi connectivity index (χ3v) is 7.05. The van der Waals surface area contributed by atoms with Crippen LogP contribution in [-0.2, 0) is 0 Å². The molecule has 30 heavy (non-hydrogen) atoms. The number of aromatic nitrogens is 2. The van der Waals surface area contributed by atoms with Gasteiger partial charge in [0.1, 0.15) is 5.82 Å². The van der Waals surface area contributed by atoms with Gasteiger partial charge in [-0.3, -0.25) is 4.79 Å². The van der Waals surface area contributed by atoms with Crippen LogP contribution in [0.25, 0.3) is 0 Å². The average Bonchev–Trinajstić information content (AvgIpc) is 3.32. The van der Waals surface area contributed by atoms with Gasteiger partial charge in [0.2, 0.25) is 0 Å². The van der Waals surface area contributed by atoms with Crippen LogP contribution in [0.1, 0.15) is 33.9 Å². The number of halogens is 6. The standard InChI is InChI=1S/C18H12BrCl2F3N4OS/c19-14-15(17(29)25-8-3-4-9(20)10(21)6-8)27-28-13(18(22,23)24)7-11(26-16(14)28)12-2-1-5-30-12/h1-6,11,13,26H,7H2,(H,25,29). The Balaban J connectivity index is 1.69. The van der Waals surface area contributed by atoms with Crippen molar-refractivity contribution in [3.8, 4) is 0 Å². The maximum Gasteiger partial charge on any atom is 0.410 e. The molecule has 12 heteroatoms. The molecule has 2 aromatic heterocycles. The minimum Gasteiger partial charge on any atom is -0.362 e. The largest absolute Gasteiger partial charge is 0.410 e. The molecule has 2 atom stereocenters. The Labute approximate surface area is 191 Å². The van der Waals surface area contributed by atoms with Crippen LogP contribution < -0.4 is 10.6 Å². The molecule has 2 N–H and O–H groups in total. The Kier molecular flexibility index (Phi) is 5.78. The van der Waals surface area contributed by atoms with Crippen LogP contribution in [0.2, 0.25) is 10.0 Å². The normalized spacial score (nSPS) is 18.6. The molecular weight excluding hydrogens is 528 g/mol. The van der Waals surface area contributed by atoms with Crippen molar-refractivity contribution in [3.05, 3.63) is 60.8 Å². The molecule has 1 amide bonds. The van der Waals surface area contributed by atoms with Crippen LogP contribution in [0.5, 0.6) is 0 Å². The van der Waals surface area contributed by atoms with Crippen molar-refractivity contribution in [1.82, 2.24) is 9.78 Å². The van der Waals surface area contributed by atoms with E-state index < -0.39 is 24.2 Å². The van der Waals surface area contributed by atoms with E-state index in [4.69, 9.17) is 23.2 Å². The first-order valence-electron chi connectivity index (χ1n) is 8.56. The highest BCUT2D eigenvalue weighted by Gasteiger charge is 2.48. The summed E-state index contributed by atoms with van der Waals surface area (Å²) in [6, 6.07) is 5.59. The monoisotopic (exact) mass is 538 g/mol. The lowest BCUT2D eigenvalue weighted by Gasteiger charge is -2.33. The maximum absolute atomic E-state index is 13.8. The second kappa shape index (κ2) is 8.07. The highest BCUT2D eigenvalue weighted by molar-refractivity contribution is 9.10. The van der Waals surface area contributed by atoms with Gasteiger partial charge in [-0.15, -0.1) is 11.3 Å². The number of benzene rings is 1. The minimum absolute atomic E-state index is 0.0984. The second-order valence-electron chi connectivity index (χ2n) is 6.54. The average molecular weight is 540 g/mol. The Morgan fingerprint density at radius 1 is 1.30 bits per heavy atom. The van der Waals surface area contributed by atoms with E-state index >= 15 is 0 Å². The van der Waals surface area contributed by atoms with Crippen molar-refractivity contribution in [2.24, 2.45) is 0 Å². The summed E-state index contributed by atoms with van der Waals surface area (Å²) in [7, 11) is 0. The highest BCUT2D eigenvalue weighted by Crippen LogP contribution is 2.47. The van der Waals surface area contributed by atoms with Gasteiger partial charge in [0, 0.05) is 17.0 Å². The fraction of sp³-hybridized carbons (Fsp3) is 0.222. The van der Waals surface area contributed by atoms with Crippen LogP contribution in [0, 0.1) is 0 Å². The molecular formula is C18H12BrCl2F3N4OS. The summed E-state index contributed by atoms with van der Waals surface area (Å²) in [4.78, 5) is 13.5. The van der Waals surface area contributed by atoms with E-state index in [1.165, 1.54) is 29.5 Å². The Morgan fingerprint density at radius 2 is 2.07 bits per heavy atom. The van der Waals surface area contributed by atoms with Gasteiger partial charge in [-0.25, -0.2) is 4.68 Å². The number of hydrogen-bond donors (Lipinski definition) is 2. The van der Waals surface area contributed by atoms with Crippen LogP contribution >= 0.6 is 50.5 Å². The van der Waals surface area contributed by atoms with E-state index in [-0.39, 0.29) is 27.4 Å². The Morgan fingerprint density at radius 3 is 2.70 bits per heavy atom. The van der Waals surface area contributed by atoms with E-state index in [0.717, 1.165) is 9.56 Å². The summed E-state index contributed by atoms with van der Waals surface area (Å²) in [6.07, 6.45) is -4.77. The van der Waals surface area contributed by atoms with Gasteiger partial charge >= 0.3 is 6.18 Å². The number of alkyl halides is 3. The van der Waals surface area contributed by atoms with Crippen LogP contribution in [0.4, 0.5) is 24.7 Å². The lowest BCUT2D eigenvalue weighted by molar-refractivity contribution is -0.173. The second-order valence-corrected chi connectivity index (χ2v) is 9.13. The van der Waals surface area contributed by atoms with Crippen molar-refractivity contribution in [1.29, 1.82) is 0 Å². The summed E-state index contributed by atoms with van der Waals surface area (Å²) in [6.45, 7) is 0. The molecule has 158 valence electrons. The molecule has 0 radical (unpaired) electrons. The molecule has 1 aromatic carbocycles. The fourth-order valence-corrected chi connectivity index (χ4v) is 4.82. The first kappa shape index (κ1) is 21.5. The number of hydrogen-bond acceptors (Lipinski definition) is 4. The van der Waals surface area contributed by atoms with Crippen LogP contribution in [0.15, 0.2) is 40.2 Å². The molecule has 2 unspecified atom stereocenters. The lowest BCUT2D eigenvalue weighted by Crippen LogP contribution is -2.35. The van der Waals surface area contributed by atoms with E-state index in [9.17, 15) is 18.0 Å². The molecule has 3 heterocycles. The number of nitrogens with zero attached hydrogens (tertiary/aromatic N) is 2. The molecule has 5 nitrogen and oxygen atoms in total. The first-order valence-corrected chi connectivity index (χ1v) is 11.0. The van der Waals surface area contributed by atoms with Crippen molar-refractivity contribution < 1.29 is 18.0 Å². The maximum atomic E-state index is 13.8. The number of carbonyl (C=O) groups is 1. The van der Waals surface area contributed by atoms with E-state index in [1.807, 2.05) is 0 Å². The first-order chi connectivity index (χ1) is 14.1. The van der Waals surface area contributed by atoms with E-state index in [1.54, 1.807) is 17.5 Å².